The highest BCUT2D eigenvalue weighted by Gasteiger charge is 2.11. The van der Waals surface area contributed by atoms with Gasteiger partial charge in [-0.2, -0.15) is 0 Å². The van der Waals surface area contributed by atoms with E-state index in [9.17, 15) is 9.59 Å². The standard InChI is InChI=1S/C19H20Br2N2O3/c1-11(2)22-19(25)13-4-6-15(7-5-13)23-17(24)10-26-18-12(3)8-14(20)9-16(18)21/h4-9,11H,10H2,1-3H3,(H,22,25)(H,23,24). The molecule has 2 aromatic carbocycles. The van der Waals surface area contributed by atoms with E-state index in [0.29, 0.717) is 17.0 Å². The summed E-state index contributed by atoms with van der Waals surface area (Å²) in [6, 6.07) is 10.6. The molecular weight excluding hydrogens is 464 g/mol. The second kappa shape index (κ2) is 9.19. The van der Waals surface area contributed by atoms with Gasteiger partial charge in [0, 0.05) is 21.8 Å². The topological polar surface area (TPSA) is 67.4 Å². The molecule has 2 N–H and O–H groups in total. The van der Waals surface area contributed by atoms with Crippen LogP contribution in [0.3, 0.4) is 0 Å². The number of amides is 2. The Morgan fingerprint density at radius 3 is 2.35 bits per heavy atom. The summed E-state index contributed by atoms with van der Waals surface area (Å²) in [6.45, 7) is 5.59. The van der Waals surface area contributed by atoms with Crippen molar-refractivity contribution in [1.29, 1.82) is 0 Å². The maximum atomic E-state index is 12.1. The van der Waals surface area contributed by atoms with Gasteiger partial charge in [0.1, 0.15) is 5.75 Å². The number of anilines is 1. The number of carbonyl (C=O) groups is 2. The van der Waals surface area contributed by atoms with E-state index < -0.39 is 0 Å². The summed E-state index contributed by atoms with van der Waals surface area (Å²) in [7, 11) is 0. The van der Waals surface area contributed by atoms with Crippen LogP contribution in [0.15, 0.2) is 45.3 Å². The molecule has 0 saturated heterocycles. The quantitative estimate of drug-likeness (QED) is 0.627. The first-order valence-corrected chi connectivity index (χ1v) is 9.64. The van der Waals surface area contributed by atoms with Gasteiger partial charge in [-0.05, 0) is 78.7 Å². The van der Waals surface area contributed by atoms with Crippen LogP contribution in [0, 0.1) is 6.92 Å². The van der Waals surface area contributed by atoms with E-state index in [0.717, 1.165) is 14.5 Å². The van der Waals surface area contributed by atoms with Gasteiger partial charge in [0.2, 0.25) is 0 Å². The number of rotatable bonds is 6. The van der Waals surface area contributed by atoms with Crippen molar-refractivity contribution in [1.82, 2.24) is 5.32 Å². The van der Waals surface area contributed by atoms with Crippen molar-refractivity contribution >= 4 is 49.4 Å². The van der Waals surface area contributed by atoms with E-state index in [2.05, 4.69) is 42.5 Å². The average Bonchev–Trinajstić information content (AvgIpc) is 2.53. The molecule has 0 unspecified atom stereocenters. The highest BCUT2D eigenvalue weighted by atomic mass is 79.9. The Balaban J connectivity index is 1.93. The molecule has 138 valence electrons. The third-order valence-electron chi connectivity index (χ3n) is 3.39. The van der Waals surface area contributed by atoms with E-state index in [4.69, 9.17) is 4.74 Å². The molecule has 2 aromatic rings. The summed E-state index contributed by atoms with van der Waals surface area (Å²) < 4.78 is 7.32. The van der Waals surface area contributed by atoms with Crippen LogP contribution in [0.1, 0.15) is 29.8 Å². The molecule has 0 fully saturated rings. The zero-order chi connectivity index (χ0) is 19.3. The van der Waals surface area contributed by atoms with Crippen LogP contribution >= 0.6 is 31.9 Å². The Bertz CT molecular complexity index is 782. The number of hydrogen-bond acceptors (Lipinski definition) is 3. The Morgan fingerprint density at radius 2 is 1.77 bits per heavy atom. The van der Waals surface area contributed by atoms with Crippen molar-refractivity contribution < 1.29 is 14.3 Å². The van der Waals surface area contributed by atoms with Crippen LogP contribution in [0.4, 0.5) is 5.69 Å². The normalized spacial score (nSPS) is 10.5. The fourth-order valence-electron chi connectivity index (χ4n) is 2.26. The van der Waals surface area contributed by atoms with E-state index in [-0.39, 0.29) is 24.5 Å². The summed E-state index contributed by atoms with van der Waals surface area (Å²) in [6.07, 6.45) is 0. The summed E-state index contributed by atoms with van der Waals surface area (Å²) in [5.41, 5.74) is 2.06. The molecule has 0 radical (unpaired) electrons. The van der Waals surface area contributed by atoms with Gasteiger partial charge in [0.15, 0.2) is 6.61 Å². The largest absolute Gasteiger partial charge is 0.482 e. The number of aryl methyl sites for hydroxylation is 1. The summed E-state index contributed by atoms with van der Waals surface area (Å²) in [5.74, 6) is 0.208. The van der Waals surface area contributed by atoms with Gasteiger partial charge in [-0.25, -0.2) is 0 Å². The molecule has 7 heteroatoms. The van der Waals surface area contributed by atoms with Crippen LogP contribution in [-0.2, 0) is 4.79 Å². The van der Waals surface area contributed by atoms with Gasteiger partial charge in [0.25, 0.3) is 11.8 Å². The van der Waals surface area contributed by atoms with Gasteiger partial charge in [-0.3, -0.25) is 9.59 Å². The molecule has 26 heavy (non-hydrogen) atoms. The van der Waals surface area contributed by atoms with E-state index in [1.807, 2.05) is 32.9 Å². The molecule has 0 bridgehead atoms. The van der Waals surface area contributed by atoms with Gasteiger partial charge in [-0.1, -0.05) is 15.9 Å². The van der Waals surface area contributed by atoms with Crippen LogP contribution in [-0.4, -0.2) is 24.5 Å². The highest BCUT2D eigenvalue weighted by Crippen LogP contribution is 2.32. The lowest BCUT2D eigenvalue weighted by atomic mass is 10.2. The number of ether oxygens (including phenoxy) is 1. The predicted molar refractivity (Wildman–Crippen MR) is 110 cm³/mol. The first-order valence-electron chi connectivity index (χ1n) is 8.05. The molecule has 0 saturated carbocycles. The lowest BCUT2D eigenvalue weighted by Gasteiger charge is -2.12. The lowest BCUT2D eigenvalue weighted by Crippen LogP contribution is -2.30. The molecule has 2 rings (SSSR count). The molecule has 2 amide bonds. The molecule has 0 aliphatic heterocycles. The lowest BCUT2D eigenvalue weighted by molar-refractivity contribution is -0.118. The number of benzene rings is 2. The minimum Gasteiger partial charge on any atom is -0.482 e. The molecule has 0 heterocycles. The number of halogens is 2. The van der Waals surface area contributed by atoms with Crippen LogP contribution in [0.2, 0.25) is 0 Å². The third kappa shape index (κ3) is 5.85. The van der Waals surface area contributed by atoms with Crippen LogP contribution in [0.5, 0.6) is 5.75 Å². The van der Waals surface area contributed by atoms with Gasteiger partial charge in [0.05, 0.1) is 4.47 Å². The Hall–Kier alpha value is -1.86. The Kier molecular flexibility index (Phi) is 7.23. The van der Waals surface area contributed by atoms with E-state index >= 15 is 0 Å². The van der Waals surface area contributed by atoms with Crippen molar-refractivity contribution in [2.75, 3.05) is 11.9 Å². The van der Waals surface area contributed by atoms with Gasteiger partial charge >= 0.3 is 0 Å². The second-order valence-electron chi connectivity index (χ2n) is 6.08. The Morgan fingerprint density at radius 1 is 1.12 bits per heavy atom. The number of hydrogen-bond donors (Lipinski definition) is 2. The van der Waals surface area contributed by atoms with Crippen LogP contribution in [0.25, 0.3) is 0 Å². The first-order chi connectivity index (χ1) is 12.3. The fourth-order valence-corrected chi connectivity index (χ4v) is 3.81. The smallest absolute Gasteiger partial charge is 0.262 e. The van der Waals surface area contributed by atoms with Gasteiger partial charge < -0.3 is 15.4 Å². The molecular formula is C19H20Br2N2O3. The highest BCUT2D eigenvalue weighted by molar-refractivity contribution is 9.11. The minimum absolute atomic E-state index is 0.0698. The van der Waals surface area contributed by atoms with E-state index in [1.54, 1.807) is 24.3 Å². The van der Waals surface area contributed by atoms with Crippen molar-refractivity contribution in [3.8, 4) is 5.75 Å². The number of nitrogens with one attached hydrogen (secondary N) is 2. The predicted octanol–water partition coefficient (Wildman–Crippen LogP) is 4.68. The average molecular weight is 484 g/mol. The summed E-state index contributed by atoms with van der Waals surface area (Å²) in [4.78, 5) is 24.0. The third-order valence-corrected chi connectivity index (χ3v) is 4.44. The van der Waals surface area contributed by atoms with Crippen molar-refractivity contribution in [2.24, 2.45) is 0 Å². The molecule has 0 aliphatic carbocycles. The summed E-state index contributed by atoms with van der Waals surface area (Å²) in [5, 5.41) is 5.57. The number of carbonyl (C=O) groups excluding carboxylic acids is 2. The van der Waals surface area contributed by atoms with Crippen LogP contribution < -0.4 is 15.4 Å². The minimum atomic E-state index is -0.279. The molecule has 5 nitrogen and oxygen atoms in total. The van der Waals surface area contributed by atoms with Crippen molar-refractivity contribution in [2.45, 2.75) is 26.8 Å². The van der Waals surface area contributed by atoms with Crippen molar-refractivity contribution in [3.05, 3.63) is 56.5 Å². The van der Waals surface area contributed by atoms with Crippen molar-refractivity contribution in [3.63, 3.8) is 0 Å². The molecule has 0 aromatic heterocycles. The molecule has 0 spiro atoms. The maximum Gasteiger partial charge on any atom is 0.262 e. The molecule has 0 atom stereocenters. The van der Waals surface area contributed by atoms with Gasteiger partial charge in [-0.15, -0.1) is 0 Å². The second-order valence-corrected chi connectivity index (χ2v) is 7.85. The first kappa shape index (κ1) is 20.5. The molecule has 0 aliphatic rings. The fraction of sp³-hybridized carbons (Fsp3) is 0.263. The summed E-state index contributed by atoms with van der Waals surface area (Å²) >= 11 is 6.84. The SMILES string of the molecule is Cc1cc(Br)cc(Br)c1OCC(=O)Nc1ccc(C(=O)NC(C)C)cc1. The Labute approximate surface area is 169 Å². The monoisotopic (exact) mass is 482 g/mol. The zero-order valence-electron chi connectivity index (χ0n) is 14.7. The van der Waals surface area contributed by atoms with E-state index in [1.165, 1.54) is 0 Å². The zero-order valence-corrected chi connectivity index (χ0v) is 17.9. The maximum absolute atomic E-state index is 12.1.